The first-order chi connectivity index (χ1) is 36.2. The van der Waals surface area contributed by atoms with Crippen LogP contribution in [0.5, 0.6) is 0 Å². The summed E-state index contributed by atoms with van der Waals surface area (Å²) in [6.07, 6.45) is 6.17. The van der Waals surface area contributed by atoms with Gasteiger partial charge >= 0.3 is 15.4 Å². The van der Waals surface area contributed by atoms with Crippen LogP contribution in [0.3, 0.4) is 0 Å². The molecule has 1 radical (unpaired) electrons. The summed E-state index contributed by atoms with van der Waals surface area (Å²) in [4.78, 5) is 14.0. The monoisotopic (exact) mass is 1010 g/mol. The minimum absolute atomic E-state index is 0. The maximum atomic E-state index is 12.3. The van der Waals surface area contributed by atoms with Gasteiger partial charge in [-0.3, -0.25) is 14.5 Å². The molecule has 3 aromatic heterocycles. The molecular formula is C65H57AlN5O3S. The molecule has 0 atom stereocenters. The van der Waals surface area contributed by atoms with Gasteiger partial charge in [0.25, 0.3) is 0 Å². The Balaban J connectivity index is 0.000000124. The summed E-state index contributed by atoms with van der Waals surface area (Å²) >= 11 is 0.250. The number of para-hydroxylation sites is 3. The number of pyridine rings is 2. The van der Waals surface area contributed by atoms with E-state index in [-0.39, 0.29) is 20.9 Å². The van der Waals surface area contributed by atoms with Gasteiger partial charge in [0.1, 0.15) is 6.33 Å². The number of sulfone groups is 1. The topological polar surface area (TPSA) is 135 Å². The fraction of sp³-hybridized carbons (Fsp3) is 0.0615. The number of nitrogens with two attached hydrogens (primary N) is 1. The molecule has 1 aliphatic heterocycles. The van der Waals surface area contributed by atoms with E-state index in [1.54, 1.807) is 36.7 Å². The van der Waals surface area contributed by atoms with Crippen molar-refractivity contribution < 1.29 is 13.9 Å². The average molecular weight is 1020 g/mol. The molecular weight excluding hydrogens is 958 g/mol. The van der Waals surface area contributed by atoms with Gasteiger partial charge in [-0.15, -0.1) is 0 Å². The smallest absolute Gasteiger partial charge is 0.313 e. The highest BCUT2D eigenvalue weighted by molar-refractivity contribution is 7.91. The normalized spacial score (nSPS) is 11.5. The third-order valence-electron chi connectivity index (χ3n) is 12.6. The summed E-state index contributed by atoms with van der Waals surface area (Å²) in [7, 11) is -3.30. The Labute approximate surface area is 445 Å². The van der Waals surface area contributed by atoms with Crippen molar-refractivity contribution in [3.05, 3.63) is 278 Å². The van der Waals surface area contributed by atoms with Crippen LogP contribution < -0.4 is 4.72 Å². The number of hydrogen-bond acceptors (Lipinski definition) is 6. The van der Waals surface area contributed by atoms with Crippen LogP contribution >= 0.6 is 0 Å². The zero-order valence-corrected chi connectivity index (χ0v) is 44.1. The number of aromatic nitrogens is 4. The highest BCUT2D eigenvalue weighted by atomic mass is 32.2. The van der Waals surface area contributed by atoms with Gasteiger partial charge < -0.3 is 10.2 Å². The van der Waals surface area contributed by atoms with E-state index < -0.39 is 9.84 Å². The van der Waals surface area contributed by atoms with Crippen LogP contribution in [0.1, 0.15) is 22.3 Å². The van der Waals surface area contributed by atoms with Gasteiger partial charge in [0, 0.05) is 35.3 Å². The Bertz CT molecular complexity index is 3760. The van der Waals surface area contributed by atoms with Crippen molar-refractivity contribution >= 4 is 90.4 Å². The van der Waals surface area contributed by atoms with Gasteiger partial charge in [0.05, 0.1) is 31.9 Å². The standard InChI is InChI=1S/C18H12.C13H10N2.C13H10O2S.C12H8N2.C8H10.CH3.Al.H2N.H2O/c1-2-8-14-13(7-1)15-9-3-4-11-17(15)18-12-6-5-10-16(14)18;1-2-6-11(7-3-1)15-10-14-12-8-4-5-9-13(12)15;14-16(15)12-7-3-1-5-10(12)9-11-6-2-4-8-13(11)16;1-3-9-5-6-10-4-2-8-14-12(10)11(9)13-7-1;1-7-3-5-8(2)6-4-7;;;;/h1-12H;1-10H;1-8H,9H2;1-8H;3-6H,1-2H3;1H3;;2*1H2/q;;;;;;+1;-1;. The fourth-order valence-corrected chi connectivity index (χ4v) is 10.8. The molecule has 0 saturated heterocycles. The van der Waals surface area contributed by atoms with E-state index in [1.807, 2.05) is 84.9 Å². The van der Waals surface area contributed by atoms with Gasteiger partial charge in [-0.2, -0.15) is 0 Å². The Kier molecular flexibility index (Phi) is 17.7. The molecule has 369 valence electrons. The number of rotatable bonds is 1. The molecule has 0 amide bonds. The molecule has 75 heavy (non-hydrogen) atoms. The van der Waals surface area contributed by atoms with Crippen LogP contribution in [0.25, 0.3) is 70.8 Å². The van der Waals surface area contributed by atoms with E-state index in [9.17, 15) is 8.42 Å². The SMILES string of the molecule is Cc1ccc(C)cc1.O.O=S1(=O)c2ccccc2Cc2ccccc21.[CH3][Al][NH2].c1ccc(-n2cnc3ccccc32)cc1.c1ccc2c(c1)c1ccccc1c1ccccc21.c1cnc2c(c1)ccc1cccnc12. The summed E-state index contributed by atoms with van der Waals surface area (Å²) < 4.78 is 31.6. The van der Waals surface area contributed by atoms with Crippen LogP contribution in [0, 0.1) is 13.8 Å². The van der Waals surface area contributed by atoms with E-state index >= 15 is 0 Å². The molecule has 8 nitrogen and oxygen atoms in total. The molecule has 0 aliphatic carbocycles. The molecule has 0 bridgehead atoms. The molecule has 1 aliphatic rings. The average Bonchev–Trinajstić information content (AvgIpc) is 3.92. The maximum Gasteiger partial charge on any atom is 0.313 e. The lowest BCUT2D eigenvalue weighted by Gasteiger charge is -2.19. The number of aryl methyl sites for hydroxylation is 2. The summed E-state index contributed by atoms with van der Waals surface area (Å²) in [6, 6.07) is 79.4. The van der Waals surface area contributed by atoms with E-state index in [0.29, 0.717) is 16.2 Å². The lowest BCUT2D eigenvalue weighted by atomic mass is 9.95. The van der Waals surface area contributed by atoms with Gasteiger partial charge in [-0.05, 0) is 106 Å². The Morgan fingerprint density at radius 1 is 0.440 bits per heavy atom. The zero-order chi connectivity index (χ0) is 51.3. The minimum Gasteiger partial charge on any atom is -0.420 e. The second-order valence-corrected chi connectivity index (χ2v) is 20.2. The first-order valence-corrected chi connectivity index (χ1v) is 27.8. The first-order valence-electron chi connectivity index (χ1n) is 24.5. The van der Waals surface area contributed by atoms with Gasteiger partial charge in [0.2, 0.25) is 9.84 Å². The van der Waals surface area contributed by atoms with Crippen LogP contribution in [-0.4, -0.2) is 48.9 Å². The lowest BCUT2D eigenvalue weighted by Crippen LogP contribution is -2.14. The van der Waals surface area contributed by atoms with Crippen LogP contribution in [-0.2, 0) is 16.3 Å². The highest BCUT2D eigenvalue weighted by Crippen LogP contribution is 2.35. The molecule has 13 aromatic rings. The number of benzene rings is 10. The maximum absolute atomic E-state index is 12.3. The van der Waals surface area contributed by atoms with E-state index in [2.05, 4.69) is 173 Å². The third-order valence-corrected chi connectivity index (χ3v) is 14.6. The largest absolute Gasteiger partial charge is 0.420 e. The Hall–Kier alpha value is -8.33. The molecule has 4 heterocycles. The Morgan fingerprint density at radius 3 is 1.25 bits per heavy atom. The van der Waals surface area contributed by atoms with Crippen LogP contribution in [0.15, 0.2) is 265 Å². The van der Waals surface area contributed by atoms with Crippen molar-refractivity contribution in [1.29, 1.82) is 0 Å². The quantitative estimate of drug-likeness (QED) is 0.128. The molecule has 0 spiro atoms. The van der Waals surface area contributed by atoms with Gasteiger partial charge in [-0.25, -0.2) is 13.4 Å². The van der Waals surface area contributed by atoms with E-state index in [0.717, 1.165) is 49.7 Å². The molecule has 0 unspecified atom stereocenters. The second-order valence-electron chi connectivity index (χ2n) is 17.7. The Morgan fingerprint density at radius 2 is 0.813 bits per heavy atom. The third kappa shape index (κ3) is 12.2. The lowest BCUT2D eigenvalue weighted by molar-refractivity contribution is 0.591. The van der Waals surface area contributed by atoms with E-state index in [4.69, 9.17) is 4.72 Å². The van der Waals surface area contributed by atoms with E-state index in [1.165, 1.54) is 43.4 Å². The molecule has 0 saturated carbocycles. The molecule has 10 heteroatoms. The number of fused-ring (bicyclic) bond motifs is 12. The van der Waals surface area contributed by atoms with Crippen molar-refractivity contribution in [2.45, 2.75) is 35.8 Å². The van der Waals surface area contributed by atoms with Gasteiger partial charge in [0.15, 0.2) is 0 Å². The van der Waals surface area contributed by atoms with Gasteiger partial charge in [-0.1, -0.05) is 205 Å². The highest BCUT2D eigenvalue weighted by Gasteiger charge is 2.28. The predicted octanol–water partition coefficient (Wildman–Crippen LogP) is 14.5. The van der Waals surface area contributed by atoms with Crippen molar-refractivity contribution in [2.24, 2.45) is 4.72 Å². The summed E-state index contributed by atoms with van der Waals surface area (Å²) in [5.74, 6) is 1.99. The number of imidazole rings is 1. The molecule has 0 fully saturated rings. The van der Waals surface area contributed by atoms with Crippen molar-refractivity contribution in [3.8, 4) is 5.69 Å². The van der Waals surface area contributed by atoms with Crippen molar-refractivity contribution in [3.63, 3.8) is 0 Å². The zero-order valence-electron chi connectivity index (χ0n) is 42.1. The van der Waals surface area contributed by atoms with Crippen molar-refractivity contribution in [2.75, 3.05) is 0 Å². The van der Waals surface area contributed by atoms with Crippen molar-refractivity contribution in [1.82, 2.24) is 19.5 Å². The summed E-state index contributed by atoms with van der Waals surface area (Å²) in [5, 5.41) is 10.3. The minimum atomic E-state index is -3.30. The fourth-order valence-electron chi connectivity index (χ4n) is 9.08. The molecule has 4 N–H and O–H groups in total. The number of hydrogen-bond donors (Lipinski definition) is 1. The summed E-state index contributed by atoms with van der Waals surface area (Å²) in [5.41, 5.74) is 9.71. The van der Waals surface area contributed by atoms with Crippen LogP contribution in [0.4, 0.5) is 0 Å². The van der Waals surface area contributed by atoms with Crippen LogP contribution in [0.2, 0.25) is 5.79 Å². The second kappa shape index (κ2) is 25.1. The predicted molar refractivity (Wildman–Crippen MR) is 314 cm³/mol. The summed E-state index contributed by atoms with van der Waals surface area (Å²) in [6.45, 7) is 4.19. The number of nitrogens with zero attached hydrogens (tertiary/aromatic N) is 4. The molecule has 14 rings (SSSR count). The first kappa shape index (κ1) is 53.0. The molecule has 10 aromatic carbocycles.